The Labute approximate surface area is 147 Å². The summed E-state index contributed by atoms with van der Waals surface area (Å²) in [6.07, 6.45) is 0. The molecule has 0 saturated heterocycles. The summed E-state index contributed by atoms with van der Waals surface area (Å²) in [7, 11) is 2.13. The highest BCUT2D eigenvalue weighted by Gasteiger charge is 2.20. The fourth-order valence-electron chi connectivity index (χ4n) is 3.80. The first-order valence-electron chi connectivity index (χ1n) is 8.14. The Bertz CT molecular complexity index is 1020. The number of aromatic nitrogens is 1. The van der Waals surface area contributed by atoms with Gasteiger partial charge in [-0.15, -0.1) is 0 Å². The van der Waals surface area contributed by atoms with Crippen molar-refractivity contribution >= 4 is 33.4 Å². The summed E-state index contributed by atoms with van der Waals surface area (Å²) in [4.78, 5) is 0. The van der Waals surface area contributed by atoms with Gasteiger partial charge in [0.2, 0.25) is 11.0 Å². The van der Waals surface area contributed by atoms with Crippen molar-refractivity contribution in [2.24, 2.45) is 7.05 Å². The maximum Gasteiger partial charge on any atom is 0.213 e. The lowest BCUT2D eigenvalue weighted by molar-refractivity contribution is -0.617. The zero-order chi connectivity index (χ0) is 16.8. The molecule has 0 saturated carbocycles. The largest absolute Gasteiger partial charge is 0.213 e. The van der Waals surface area contributed by atoms with Crippen molar-refractivity contribution in [3.05, 3.63) is 76.8 Å². The summed E-state index contributed by atoms with van der Waals surface area (Å²) >= 11 is 6.27. The molecule has 0 bridgehead atoms. The summed E-state index contributed by atoms with van der Waals surface area (Å²) in [6.45, 7) is 4.29. The Balaban J connectivity index is 2.28. The number of rotatable bonds is 1. The van der Waals surface area contributed by atoms with Crippen LogP contribution >= 0.6 is 11.6 Å². The molecule has 0 aliphatic carbocycles. The Morgan fingerprint density at radius 1 is 0.708 bits per heavy atom. The molecule has 1 aromatic heterocycles. The second-order valence-corrected chi connectivity index (χ2v) is 6.82. The number of fused-ring (bicyclic) bond motifs is 2. The van der Waals surface area contributed by atoms with Crippen molar-refractivity contribution in [3.63, 3.8) is 0 Å². The number of halogens is 1. The molecule has 0 amide bonds. The lowest BCUT2D eigenvalue weighted by Crippen LogP contribution is -2.30. The maximum atomic E-state index is 6.27. The van der Waals surface area contributed by atoms with E-state index in [0.29, 0.717) is 0 Å². The van der Waals surface area contributed by atoms with Crippen LogP contribution in [-0.4, -0.2) is 0 Å². The Kier molecular flexibility index (Phi) is 3.54. The molecule has 1 heterocycles. The first kappa shape index (κ1) is 15.2. The molecule has 0 unspecified atom stereocenters. The number of para-hydroxylation sites is 2. The quantitative estimate of drug-likeness (QED) is 0.308. The summed E-state index contributed by atoms with van der Waals surface area (Å²) in [6, 6.07) is 21.3. The van der Waals surface area contributed by atoms with Crippen LogP contribution in [0.3, 0.4) is 0 Å². The van der Waals surface area contributed by atoms with E-state index >= 15 is 0 Å². The minimum absolute atomic E-state index is 0.795. The summed E-state index contributed by atoms with van der Waals surface area (Å²) in [5.74, 6) is 0. The van der Waals surface area contributed by atoms with Crippen molar-refractivity contribution in [3.8, 4) is 11.1 Å². The van der Waals surface area contributed by atoms with Gasteiger partial charge in [-0.05, 0) is 54.8 Å². The third-order valence-corrected chi connectivity index (χ3v) is 5.04. The first-order chi connectivity index (χ1) is 11.6. The zero-order valence-electron chi connectivity index (χ0n) is 14.1. The number of pyridine rings is 1. The third-order valence-electron chi connectivity index (χ3n) is 4.82. The molecule has 0 spiro atoms. The molecule has 24 heavy (non-hydrogen) atoms. The molecule has 0 fully saturated rings. The topological polar surface area (TPSA) is 3.88 Å². The average Bonchev–Trinajstić information content (AvgIpc) is 2.57. The molecule has 0 aliphatic rings. The average molecular weight is 333 g/mol. The fourth-order valence-corrected chi connectivity index (χ4v) is 4.13. The van der Waals surface area contributed by atoms with Crippen molar-refractivity contribution in [2.45, 2.75) is 13.8 Å². The number of benzene rings is 3. The summed E-state index contributed by atoms with van der Waals surface area (Å²) in [5, 5.41) is 3.34. The van der Waals surface area contributed by atoms with E-state index in [9.17, 15) is 0 Å². The summed E-state index contributed by atoms with van der Waals surface area (Å²) < 4.78 is 2.27. The maximum absolute atomic E-state index is 6.27. The lowest BCUT2D eigenvalue weighted by Gasteiger charge is -2.15. The van der Waals surface area contributed by atoms with Crippen molar-refractivity contribution in [1.29, 1.82) is 0 Å². The highest BCUT2D eigenvalue weighted by molar-refractivity contribution is 6.31. The van der Waals surface area contributed by atoms with Gasteiger partial charge in [0.05, 0.1) is 10.8 Å². The van der Waals surface area contributed by atoms with Crippen molar-refractivity contribution < 1.29 is 4.57 Å². The molecule has 1 nitrogen and oxygen atoms in total. The third kappa shape index (κ3) is 2.20. The van der Waals surface area contributed by atoms with Crippen LogP contribution in [0.2, 0.25) is 5.02 Å². The van der Waals surface area contributed by atoms with E-state index in [-0.39, 0.29) is 0 Å². The Morgan fingerprint density at radius 3 is 1.67 bits per heavy atom. The standard InChI is InChI=1S/C22H19ClN/c1-14-12-16(23)13-15(2)21(14)22-17-8-4-6-10-19(17)24(3)20-11-7-5-9-18(20)22/h4-13H,1-3H3/q+1. The molecule has 2 heteroatoms. The molecule has 0 radical (unpaired) electrons. The highest BCUT2D eigenvalue weighted by Crippen LogP contribution is 2.38. The van der Waals surface area contributed by atoms with Crippen LogP contribution in [0.4, 0.5) is 0 Å². The fraction of sp³-hybridized carbons (Fsp3) is 0.136. The highest BCUT2D eigenvalue weighted by atomic mass is 35.5. The van der Waals surface area contributed by atoms with Crippen LogP contribution in [0.1, 0.15) is 11.1 Å². The SMILES string of the molecule is Cc1cc(Cl)cc(C)c1-c1c2ccccc2[n+](C)c2ccccc12. The molecule has 4 rings (SSSR count). The Hall–Kier alpha value is -2.38. The van der Waals surface area contributed by atoms with Gasteiger partial charge in [-0.25, -0.2) is 0 Å². The predicted octanol–water partition coefficient (Wildman–Crippen LogP) is 5.75. The molecule has 3 aromatic carbocycles. The molecule has 4 aromatic rings. The van der Waals surface area contributed by atoms with E-state index in [2.05, 4.69) is 86.1 Å². The van der Waals surface area contributed by atoms with Crippen molar-refractivity contribution in [2.75, 3.05) is 0 Å². The lowest BCUT2D eigenvalue weighted by atomic mass is 9.90. The van der Waals surface area contributed by atoms with E-state index in [1.807, 2.05) is 0 Å². The van der Waals surface area contributed by atoms with Crippen LogP contribution in [0.5, 0.6) is 0 Å². The van der Waals surface area contributed by atoms with Gasteiger partial charge in [-0.1, -0.05) is 35.9 Å². The minimum Gasteiger partial charge on any atom is -0.194 e. The van der Waals surface area contributed by atoms with Gasteiger partial charge in [0.25, 0.3) is 0 Å². The second kappa shape index (κ2) is 5.61. The summed E-state index contributed by atoms with van der Waals surface area (Å²) in [5.41, 5.74) is 7.48. The van der Waals surface area contributed by atoms with E-state index in [0.717, 1.165) is 5.02 Å². The molecule has 0 N–H and O–H groups in total. The first-order valence-corrected chi connectivity index (χ1v) is 8.52. The van der Waals surface area contributed by atoms with Gasteiger partial charge in [-0.3, -0.25) is 0 Å². The van der Waals surface area contributed by atoms with Crippen LogP contribution in [0.15, 0.2) is 60.7 Å². The van der Waals surface area contributed by atoms with Crippen molar-refractivity contribution in [1.82, 2.24) is 0 Å². The molecule has 118 valence electrons. The van der Waals surface area contributed by atoms with Gasteiger partial charge >= 0.3 is 0 Å². The zero-order valence-corrected chi connectivity index (χ0v) is 14.9. The van der Waals surface area contributed by atoms with Crippen LogP contribution < -0.4 is 4.57 Å². The van der Waals surface area contributed by atoms with Gasteiger partial charge in [0.15, 0.2) is 0 Å². The monoisotopic (exact) mass is 332 g/mol. The van der Waals surface area contributed by atoms with E-state index in [1.165, 1.54) is 44.1 Å². The molecular weight excluding hydrogens is 314 g/mol. The Morgan fingerprint density at radius 2 is 1.17 bits per heavy atom. The second-order valence-electron chi connectivity index (χ2n) is 6.38. The number of nitrogens with zero attached hydrogens (tertiary/aromatic N) is 1. The molecule has 0 atom stereocenters. The normalized spacial score (nSPS) is 11.3. The minimum atomic E-state index is 0.795. The van der Waals surface area contributed by atoms with Gasteiger partial charge in [-0.2, -0.15) is 4.57 Å². The number of aryl methyl sites for hydroxylation is 3. The van der Waals surface area contributed by atoms with E-state index in [1.54, 1.807) is 0 Å². The van der Waals surface area contributed by atoms with E-state index < -0.39 is 0 Å². The number of hydrogen-bond donors (Lipinski definition) is 0. The van der Waals surface area contributed by atoms with Gasteiger partial charge in [0, 0.05) is 22.7 Å². The van der Waals surface area contributed by atoms with Gasteiger partial charge < -0.3 is 0 Å². The molecular formula is C22H19ClN+. The van der Waals surface area contributed by atoms with Crippen LogP contribution in [0, 0.1) is 13.8 Å². The van der Waals surface area contributed by atoms with Gasteiger partial charge in [0.1, 0.15) is 7.05 Å². The number of hydrogen-bond acceptors (Lipinski definition) is 0. The van der Waals surface area contributed by atoms with E-state index in [4.69, 9.17) is 11.6 Å². The molecule has 0 aliphatic heterocycles. The smallest absolute Gasteiger partial charge is 0.194 e. The van der Waals surface area contributed by atoms with Crippen LogP contribution in [-0.2, 0) is 7.05 Å². The van der Waals surface area contributed by atoms with Crippen LogP contribution in [0.25, 0.3) is 32.9 Å². The predicted molar refractivity (Wildman–Crippen MR) is 103 cm³/mol.